The Kier molecular flexibility index (Phi) is 11.8. The Hall–Kier alpha value is -4.61. The Balaban J connectivity index is 1.37. The number of carbonyl (C=O) groups is 4. The molecule has 6 rings (SSSR count). The number of benzene rings is 1. The van der Waals surface area contributed by atoms with Crippen molar-refractivity contribution in [2.45, 2.75) is 126 Å². The molecular formula is C40H52F3N5O9S. The van der Waals surface area contributed by atoms with Crippen LogP contribution in [0.4, 0.5) is 18.0 Å². The summed E-state index contributed by atoms with van der Waals surface area (Å²) in [5.41, 5.74) is -4.53. The molecule has 7 atom stereocenters. The number of ether oxygens (including phenoxy) is 3. The van der Waals surface area contributed by atoms with Gasteiger partial charge in [0.15, 0.2) is 0 Å². The van der Waals surface area contributed by atoms with E-state index in [0.29, 0.717) is 68.9 Å². The fraction of sp³-hybridized carbons (Fsp3) is 0.625. The van der Waals surface area contributed by atoms with Crippen molar-refractivity contribution >= 4 is 44.6 Å². The van der Waals surface area contributed by atoms with Crippen LogP contribution in [0.3, 0.4) is 0 Å². The maximum absolute atomic E-state index is 14.9. The molecule has 0 bridgehead atoms. The average molecular weight is 836 g/mol. The Morgan fingerprint density at radius 2 is 1.83 bits per heavy atom. The first kappa shape index (κ1) is 43.0. The highest BCUT2D eigenvalue weighted by Crippen LogP contribution is 2.48. The van der Waals surface area contributed by atoms with E-state index in [1.165, 1.54) is 25.1 Å². The normalized spacial score (nSPS) is 29.4. The zero-order valence-corrected chi connectivity index (χ0v) is 34.3. The number of allylic oxidation sites excluding steroid dienone is 1. The van der Waals surface area contributed by atoms with Gasteiger partial charge in [-0.15, -0.1) is 0 Å². The number of hydrogen-bond acceptors (Lipinski definition) is 10. The smallest absolute Gasteiger partial charge is 0.427 e. The maximum Gasteiger partial charge on any atom is 0.427 e. The van der Waals surface area contributed by atoms with E-state index in [0.717, 1.165) is 0 Å². The number of pyridine rings is 1. The van der Waals surface area contributed by atoms with Crippen LogP contribution >= 0.6 is 0 Å². The van der Waals surface area contributed by atoms with Gasteiger partial charge in [0.05, 0.1) is 18.4 Å². The van der Waals surface area contributed by atoms with Crippen LogP contribution in [-0.2, 0) is 29.1 Å². The molecule has 0 unspecified atom stereocenters. The molecule has 0 radical (unpaired) electrons. The highest BCUT2D eigenvalue weighted by atomic mass is 32.2. The summed E-state index contributed by atoms with van der Waals surface area (Å²) >= 11 is 0. The van der Waals surface area contributed by atoms with Crippen molar-refractivity contribution in [1.29, 1.82) is 0 Å². The maximum atomic E-state index is 14.9. The van der Waals surface area contributed by atoms with Crippen LogP contribution in [-0.4, -0.2) is 96.0 Å². The lowest BCUT2D eigenvalue weighted by Crippen LogP contribution is -2.60. The van der Waals surface area contributed by atoms with Crippen LogP contribution in [0.15, 0.2) is 42.6 Å². The molecule has 4 aliphatic rings. The number of alkyl halides is 3. The number of rotatable bonds is 9. The van der Waals surface area contributed by atoms with E-state index in [2.05, 4.69) is 20.3 Å². The second-order valence-corrected chi connectivity index (χ2v) is 19.0. The number of methoxy groups -OCH3 is 1. The molecular weight excluding hydrogens is 784 g/mol. The quantitative estimate of drug-likeness (QED) is 0.281. The highest BCUT2D eigenvalue weighted by molar-refractivity contribution is 7.91. The molecule has 1 saturated heterocycles. The van der Waals surface area contributed by atoms with Gasteiger partial charge in [-0.25, -0.2) is 18.2 Å². The van der Waals surface area contributed by atoms with Crippen LogP contribution in [0.5, 0.6) is 11.6 Å². The largest absolute Gasteiger partial charge is 0.496 e. The first-order valence-electron chi connectivity index (χ1n) is 19.7. The summed E-state index contributed by atoms with van der Waals surface area (Å²) in [7, 11) is -2.56. The van der Waals surface area contributed by atoms with E-state index in [-0.39, 0.29) is 31.2 Å². The number of alkyl carbamates (subject to hydrolysis) is 1. The molecule has 0 spiro atoms. The molecule has 3 fully saturated rings. The number of aromatic nitrogens is 1. The summed E-state index contributed by atoms with van der Waals surface area (Å²) in [6, 6.07) is 4.29. The van der Waals surface area contributed by atoms with Gasteiger partial charge < -0.3 is 29.7 Å². The van der Waals surface area contributed by atoms with Crippen molar-refractivity contribution < 1.29 is 55.0 Å². The number of nitrogens with zero attached hydrogens (tertiary/aromatic N) is 2. The molecule has 2 aliphatic heterocycles. The number of carbonyl (C=O) groups excluding carboxylic acids is 4. The number of fused-ring (bicyclic) bond motifs is 3. The third kappa shape index (κ3) is 8.57. The zero-order valence-electron chi connectivity index (χ0n) is 33.5. The monoisotopic (exact) mass is 835 g/mol. The molecule has 2 saturated carbocycles. The minimum atomic E-state index is -4.91. The van der Waals surface area contributed by atoms with E-state index in [9.17, 15) is 40.8 Å². The lowest BCUT2D eigenvalue weighted by Gasteiger charge is -2.35. The van der Waals surface area contributed by atoms with E-state index in [1.54, 1.807) is 37.3 Å². The third-order valence-electron chi connectivity index (χ3n) is 12.1. The molecule has 3 N–H and O–H groups in total. The van der Waals surface area contributed by atoms with Gasteiger partial charge >= 0.3 is 12.3 Å². The number of sulfonamides is 1. The Morgan fingerprint density at radius 3 is 2.48 bits per heavy atom. The summed E-state index contributed by atoms with van der Waals surface area (Å²) < 4.78 is 85.6. The Bertz CT molecular complexity index is 2070. The zero-order chi connectivity index (χ0) is 42.4. The fourth-order valence-electron chi connectivity index (χ4n) is 7.84. The van der Waals surface area contributed by atoms with Crippen molar-refractivity contribution in [3.05, 3.63) is 42.6 Å². The lowest BCUT2D eigenvalue weighted by atomic mass is 9.85. The SMILES string of the molecule is CC[C@@H]1C[C@H](C)CC/C=C\[C@@H]2C[C@@]2(C(=O)NS(=O)(=O)C2(C)CC2)NC(=O)[C@@H]2C[C@@H](Oc3nccc4c(OC)cccc34)CN2C(=O)[C@H]1NC(=O)OC(C)(C)C(F)(F)F. The summed E-state index contributed by atoms with van der Waals surface area (Å²) in [4.78, 5) is 62.2. The van der Waals surface area contributed by atoms with E-state index >= 15 is 0 Å². The first-order chi connectivity index (χ1) is 27.1. The van der Waals surface area contributed by atoms with Gasteiger partial charge in [0, 0.05) is 29.3 Å². The number of hydrogen-bond donors (Lipinski definition) is 3. The molecule has 14 nitrogen and oxygen atoms in total. The summed E-state index contributed by atoms with van der Waals surface area (Å²) in [6.07, 6.45) is 0.592. The summed E-state index contributed by atoms with van der Waals surface area (Å²) in [5, 5.41) is 6.52. The van der Waals surface area contributed by atoms with Gasteiger partial charge in [-0.3, -0.25) is 19.1 Å². The van der Waals surface area contributed by atoms with E-state index < -0.39 is 85.9 Å². The standard InChI is InChI=1S/C40H52F3N5O9S/c1-7-24-19-23(2)11-8-9-12-25-21-39(25,35(51)47-58(53,54)38(5)16-17-38)46-32(49)29-20-26(56-33-28-13-10-14-30(55-6)27(28)15-18-44-33)22-48(29)34(50)31(24)45-36(52)57-37(3,4)40(41,42)43/h9-10,12-15,18,23-26,29,31H,7-8,11,16-17,19-22H2,1-6H3,(H,45,52)(H,46,49)(H,47,51)/b12-9-/t23-,24-,25-,26-,29+,31+,39-/m1/s1. The number of nitrogens with one attached hydrogen (secondary N) is 3. The Morgan fingerprint density at radius 1 is 1.10 bits per heavy atom. The van der Waals surface area contributed by atoms with Crippen LogP contribution in [0.1, 0.15) is 86.0 Å². The minimum absolute atomic E-state index is 0.0317. The van der Waals surface area contributed by atoms with Gasteiger partial charge in [-0.2, -0.15) is 13.2 Å². The summed E-state index contributed by atoms with van der Waals surface area (Å²) in [6.45, 7) is 6.49. The van der Waals surface area contributed by atoms with Gasteiger partial charge in [-0.1, -0.05) is 38.5 Å². The predicted octanol–water partition coefficient (Wildman–Crippen LogP) is 5.30. The molecule has 2 aliphatic carbocycles. The minimum Gasteiger partial charge on any atom is -0.496 e. The van der Waals surface area contributed by atoms with Gasteiger partial charge in [0.1, 0.15) is 29.5 Å². The highest BCUT2D eigenvalue weighted by Gasteiger charge is 2.63. The lowest BCUT2D eigenvalue weighted by molar-refractivity contribution is -0.244. The molecule has 318 valence electrons. The predicted molar refractivity (Wildman–Crippen MR) is 206 cm³/mol. The summed E-state index contributed by atoms with van der Waals surface area (Å²) in [5.74, 6) is -2.85. The molecule has 2 aromatic rings. The molecule has 18 heteroatoms. The second kappa shape index (κ2) is 15.9. The average Bonchev–Trinajstić information content (AvgIpc) is 4.03. The van der Waals surface area contributed by atoms with Crippen LogP contribution < -0.4 is 24.8 Å². The first-order valence-corrected chi connectivity index (χ1v) is 21.1. The fourth-order valence-corrected chi connectivity index (χ4v) is 9.15. The van der Waals surface area contributed by atoms with Crippen molar-refractivity contribution in [1.82, 2.24) is 25.2 Å². The second-order valence-electron chi connectivity index (χ2n) is 16.8. The molecule has 1 aromatic carbocycles. The number of halogens is 3. The molecule has 58 heavy (non-hydrogen) atoms. The van der Waals surface area contributed by atoms with Crippen molar-refractivity contribution in [2.75, 3.05) is 13.7 Å². The van der Waals surface area contributed by atoms with Gasteiger partial charge in [-0.05, 0) is 89.3 Å². The third-order valence-corrected chi connectivity index (χ3v) is 14.3. The van der Waals surface area contributed by atoms with Crippen LogP contribution in [0.2, 0.25) is 0 Å². The topological polar surface area (TPSA) is 182 Å². The number of amides is 4. The van der Waals surface area contributed by atoms with Crippen molar-refractivity contribution in [3.8, 4) is 11.6 Å². The van der Waals surface area contributed by atoms with Gasteiger partial charge in [0.25, 0.3) is 5.91 Å². The van der Waals surface area contributed by atoms with Crippen LogP contribution in [0.25, 0.3) is 10.8 Å². The molecule has 3 heterocycles. The van der Waals surface area contributed by atoms with Crippen LogP contribution in [0, 0.1) is 17.8 Å². The molecule has 1 aromatic heterocycles. The van der Waals surface area contributed by atoms with Crippen molar-refractivity contribution in [3.63, 3.8) is 0 Å². The molecule has 4 amide bonds. The van der Waals surface area contributed by atoms with E-state index in [4.69, 9.17) is 14.2 Å². The Labute approximate surface area is 336 Å². The van der Waals surface area contributed by atoms with Crippen molar-refractivity contribution in [2.24, 2.45) is 17.8 Å². The van der Waals surface area contributed by atoms with E-state index in [1.807, 2.05) is 13.0 Å². The van der Waals surface area contributed by atoms with Gasteiger partial charge in [0.2, 0.25) is 33.3 Å².